The first-order valence-electron chi connectivity index (χ1n) is 6.42. The molecule has 102 valence electrons. The number of nitrogens with zero attached hydrogens (tertiary/aromatic N) is 1. The fourth-order valence-corrected chi connectivity index (χ4v) is 1.89. The van der Waals surface area contributed by atoms with E-state index in [1.165, 1.54) is 0 Å². The second-order valence-electron chi connectivity index (χ2n) is 5.57. The third-order valence-corrected chi connectivity index (χ3v) is 2.90. The number of hydrogen-bond acceptors (Lipinski definition) is 3. The molecule has 0 atom stereocenters. The minimum absolute atomic E-state index is 0.0787. The predicted octanol–water partition coefficient (Wildman–Crippen LogP) is 2.97. The molecule has 4 heteroatoms. The summed E-state index contributed by atoms with van der Waals surface area (Å²) in [5.41, 5.74) is 3.26. The molecular formula is C15H21N3O. The van der Waals surface area contributed by atoms with Gasteiger partial charge in [-0.1, -0.05) is 12.1 Å². The van der Waals surface area contributed by atoms with E-state index in [1.807, 2.05) is 30.5 Å². The van der Waals surface area contributed by atoms with Gasteiger partial charge in [0.25, 0.3) is 0 Å². The van der Waals surface area contributed by atoms with Crippen LogP contribution in [0.2, 0.25) is 0 Å². The van der Waals surface area contributed by atoms with Crippen LogP contribution in [0.3, 0.4) is 0 Å². The van der Waals surface area contributed by atoms with Crippen molar-refractivity contribution in [2.45, 2.75) is 32.9 Å². The van der Waals surface area contributed by atoms with Crippen LogP contribution in [0.15, 0.2) is 30.5 Å². The Kier molecular flexibility index (Phi) is 3.90. The van der Waals surface area contributed by atoms with E-state index in [0.29, 0.717) is 0 Å². The van der Waals surface area contributed by atoms with Crippen molar-refractivity contribution in [3.63, 3.8) is 0 Å². The Morgan fingerprint density at radius 2 is 2.00 bits per heavy atom. The van der Waals surface area contributed by atoms with Gasteiger partial charge in [0.15, 0.2) is 0 Å². The smallest absolute Gasteiger partial charge is 0.128 e. The van der Waals surface area contributed by atoms with Gasteiger partial charge in [0.2, 0.25) is 0 Å². The normalized spacial score (nSPS) is 11.6. The van der Waals surface area contributed by atoms with Crippen LogP contribution in [0, 0.1) is 0 Å². The van der Waals surface area contributed by atoms with Crippen LogP contribution in [0.25, 0.3) is 11.3 Å². The van der Waals surface area contributed by atoms with Gasteiger partial charge in [-0.2, -0.15) is 5.10 Å². The molecule has 0 aliphatic heterocycles. The average Bonchev–Trinajstić information content (AvgIpc) is 2.83. The second kappa shape index (κ2) is 5.45. The lowest BCUT2D eigenvalue weighted by molar-refractivity contribution is 0.415. The molecule has 0 fully saturated rings. The van der Waals surface area contributed by atoms with E-state index in [2.05, 4.69) is 36.3 Å². The van der Waals surface area contributed by atoms with Gasteiger partial charge in [0, 0.05) is 23.2 Å². The first kappa shape index (κ1) is 13.6. The molecular weight excluding hydrogens is 238 g/mol. The number of hydrogen-bond donors (Lipinski definition) is 2. The van der Waals surface area contributed by atoms with Crippen molar-refractivity contribution in [2.24, 2.45) is 0 Å². The zero-order chi connectivity index (χ0) is 13.9. The van der Waals surface area contributed by atoms with Crippen molar-refractivity contribution in [1.29, 1.82) is 0 Å². The van der Waals surface area contributed by atoms with Crippen molar-refractivity contribution >= 4 is 0 Å². The van der Waals surface area contributed by atoms with Crippen molar-refractivity contribution in [3.8, 4) is 17.0 Å². The zero-order valence-corrected chi connectivity index (χ0v) is 11.9. The van der Waals surface area contributed by atoms with Crippen LogP contribution >= 0.6 is 0 Å². The van der Waals surface area contributed by atoms with Crippen molar-refractivity contribution in [2.75, 3.05) is 7.11 Å². The number of aromatic amines is 1. The Hall–Kier alpha value is -1.81. The maximum Gasteiger partial charge on any atom is 0.128 e. The molecule has 0 bridgehead atoms. The Morgan fingerprint density at radius 1 is 1.26 bits per heavy atom. The lowest BCUT2D eigenvalue weighted by atomic mass is 10.1. The van der Waals surface area contributed by atoms with Gasteiger partial charge in [-0.25, -0.2) is 0 Å². The highest BCUT2D eigenvalue weighted by Gasteiger charge is 2.14. The molecule has 0 aliphatic carbocycles. The molecule has 0 radical (unpaired) electrons. The van der Waals surface area contributed by atoms with Crippen LogP contribution in [0.4, 0.5) is 0 Å². The maximum absolute atomic E-state index is 5.40. The van der Waals surface area contributed by atoms with Crippen LogP contribution in [-0.2, 0) is 6.54 Å². The molecule has 0 amide bonds. The van der Waals surface area contributed by atoms with Gasteiger partial charge in [0.05, 0.1) is 19.0 Å². The zero-order valence-electron chi connectivity index (χ0n) is 11.9. The summed E-state index contributed by atoms with van der Waals surface area (Å²) in [6, 6.07) is 7.95. The molecule has 19 heavy (non-hydrogen) atoms. The van der Waals surface area contributed by atoms with Gasteiger partial charge in [-0.05, 0) is 32.9 Å². The number of H-pyrrole nitrogens is 1. The fraction of sp³-hybridized carbons (Fsp3) is 0.400. The molecule has 0 aliphatic rings. The Balaban J connectivity index is 2.29. The number of aromatic nitrogens is 2. The molecule has 0 saturated heterocycles. The third kappa shape index (κ3) is 3.35. The Labute approximate surface area is 114 Å². The molecule has 0 saturated carbocycles. The van der Waals surface area contributed by atoms with Crippen LogP contribution in [-0.4, -0.2) is 22.8 Å². The maximum atomic E-state index is 5.40. The number of para-hydroxylation sites is 1. The number of ether oxygens (including phenoxy) is 1. The summed E-state index contributed by atoms with van der Waals surface area (Å²) in [7, 11) is 1.68. The highest BCUT2D eigenvalue weighted by atomic mass is 16.5. The topological polar surface area (TPSA) is 49.9 Å². The van der Waals surface area contributed by atoms with Crippen LogP contribution < -0.4 is 10.1 Å². The molecule has 0 unspecified atom stereocenters. The number of nitrogens with one attached hydrogen (secondary N) is 2. The van der Waals surface area contributed by atoms with Gasteiger partial charge in [-0.15, -0.1) is 0 Å². The highest BCUT2D eigenvalue weighted by Crippen LogP contribution is 2.30. The Morgan fingerprint density at radius 3 is 2.68 bits per heavy atom. The minimum Gasteiger partial charge on any atom is -0.496 e. The van der Waals surface area contributed by atoms with Crippen molar-refractivity contribution < 1.29 is 4.74 Å². The molecule has 1 aromatic heterocycles. The molecule has 0 spiro atoms. The molecule has 2 N–H and O–H groups in total. The average molecular weight is 259 g/mol. The summed E-state index contributed by atoms with van der Waals surface area (Å²) in [6.45, 7) is 7.22. The van der Waals surface area contributed by atoms with E-state index in [1.54, 1.807) is 7.11 Å². The number of methoxy groups -OCH3 is 1. The lowest BCUT2D eigenvalue weighted by Crippen LogP contribution is -2.35. The molecule has 2 rings (SSSR count). The summed E-state index contributed by atoms with van der Waals surface area (Å²) >= 11 is 0. The van der Waals surface area contributed by atoms with Gasteiger partial charge >= 0.3 is 0 Å². The largest absolute Gasteiger partial charge is 0.496 e. The summed E-state index contributed by atoms with van der Waals surface area (Å²) in [5.74, 6) is 0.851. The number of rotatable bonds is 4. The monoisotopic (exact) mass is 259 g/mol. The lowest BCUT2D eigenvalue weighted by Gasteiger charge is -2.20. The molecule has 2 aromatic rings. The van der Waals surface area contributed by atoms with Gasteiger partial charge in [-0.3, -0.25) is 5.10 Å². The Bertz CT molecular complexity index is 540. The first-order valence-corrected chi connectivity index (χ1v) is 6.42. The molecule has 1 aromatic carbocycles. The van der Waals surface area contributed by atoms with E-state index in [0.717, 1.165) is 29.1 Å². The van der Waals surface area contributed by atoms with E-state index < -0.39 is 0 Å². The number of benzene rings is 1. The van der Waals surface area contributed by atoms with Gasteiger partial charge < -0.3 is 10.1 Å². The van der Waals surface area contributed by atoms with E-state index in [-0.39, 0.29) is 5.54 Å². The standard InChI is InChI=1S/C15H21N3O/c1-15(2,3)16-9-11-10-17-18-14(11)12-7-5-6-8-13(12)19-4/h5-8,10,16H,9H2,1-4H3,(H,17,18). The van der Waals surface area contributed by atoms with Crippen molar-refractivity contribution in [1.82, 2.24) is 15.5 Å². The predicted molar refractivity (Wildman–Crippen MR) is 77.2 cm³/mol. The fourth-order valence-electron chi connectivity index (χ4n) is 1.89. The van der Waals surface area contributed by atoms with Crippen LogP contribution in [0.1, 0.15) is 26.3 Å². The third-order valence-electron chi connectivity index (χ3n) is 2.90. The summed E-state index contributed by atoms with van der Waals surface area (Å²) in [4.78, 5) is 0. The van der Waals surface area contributed by atoms with Gasteiger partial charge in [0.1, 0.15) is 5.75 Å². The van der Waals surface area contributed by atoms with E-state index >= 15 is 0 Å². The molecule has 1 heterocycles. The first-order chi connectivity index (χ1) is 9.01. The SMILES string of the molecule is COc1ccccc1-c1[nH]ncc1CNC(C)(C)C. The summed E-state index contributed by atoms with van der Waals surface area (Å²) in [5, 5.41) is 10.7. The minimum atomic E-state index is 0.0787. The second-order valence-corrected chi connectivity index (χ2v) is 5.57. The highest BCUT2D eigenvalue weighted by molar-refractivity contribution is 5.69. The quantitative estimate of drug-likeness (QED) is 0.887. The van der Waals surface area contributed by atoms with E-state index in [4.69, 9.17) is 4.74 Å². The van der Waals surface area contributed by atoms with Crippen LogP contribution in [0.5, 0.6) is 5.75 Å². The summed E-state index contributed by atoms with van der Waals surface area (Å²) < 4.78 is 5.40. The van der Waals surface area contributed by atoms with E-state index in [9.17, 15) is 0 Å². The molecule has 4 nitrogen and oxygen atoms in total. The summed E-state index contributed by atoms with van der Waals surface area (Å²) in [6.07, 6.45) is 1.86. The van der Waals surface area contributed by atoms with Crippen molar-refractivity contribution in [3.05, 3.63) is 36.0 Å².